The van der Waals surface area contributed by atoms with E-state index in [-0.39, 0.29) is 17.1 Å². The number of carbonyl (C=O) groups excluding carboxylic acids is 1. The first-order valence-corrected chi connectivity index (χ1v) is 5.46. The fourth-order valence-electron chi connectivity index (χ4n) is 1.12. The summed E-state index contributed by atoms with van der Waals surface area (Å²) in [5, 5.41) is -0.241. The Morgan fingerprint density at radius 3 is 2.50 bits per heavy atom. The minimum Gasteiger partial charge on any atom is -0.331 e. The molecule has 0 saturated carbocycles. The van der Waals surface area contributed by atoms with Crippen LogP contribution < -0.4 is 0 Å². The molecular formula is C11H19NOS. The average molecular weight is 213 g/mol. The van der Waals surface area contributed by atoms with Crippen molar-refractivity contribution in [2.45, 2.75) is 32.4 Å². The van der Waals surface area contributed by atoms with Gasteiger partial charge in [-0.3, -0.25) is 4.79 Å². The molecule has 1 amide bonds. The van der Waals surface area contributed by atoms with E-state index in [2.05, 4.69) is 18.5 Å². The average Bonchev–Trinajstić information content (AvgIpc) is 2.15. The van der Waals surface area contributed by atoms with Crippen LogP contribution in [0, 0.1) is 18.3 Å². The summed E-state index contributed by atoms with van der Waals surface area (Å²) < 4.78 is 0. The van der Waals surface area contributed by atoms with Crippen molar-refractivity contribution in [1.82, 2.24) is 4.90 Å². The van der Waals surface area contributed by atoms with Crippen molar-refractivity contribution in [3.63, 3.8) is 0 Å². The molecule has 0 aromatic carbocycles. The van der Waals surface area contributed by atoms with Crippen molar-refractivity contribution >= 4 is 18.5 Å². The van der Waals surface area contributed by atoms with Crippen LogP contribution in [0.5, 0.6) is 0 Å². The Hall–Kier alpha value is -0.620. The van der Waals surface area contributed by atoms with Crippen molar-refractivity contribution in [2.75, 3.05) is 13.1 Å². The highest BCUT2D eigenvalue weighted by Gasteiger charge is 2.22. The minimum absolute atomic E-state index is 0.0446. The number of carbonyl (C=O) groups is 1. The largest absolute Gasteiger partial charge is 0.331 e. The van der Waals surface area contributed by atoms with Crippen molar-refractivity contribution < 1.29 is 4.79 Å². The SMILES string of the molecule is C#CCN(CCC)C(=O)C(S)C(C)C. The molecule has 0 aromatic heterocycles. The fraction of sp³-hybridized carbons (Fsp3) is 0.727. The lowest BCUT2D eigenvalue weighted by atomic mass is 10.1. The highest BCUT2D eigenvalue weighted by molar-refractivity contribution is 7.81. The van der Waals surface area contributed by atoms with Crippen LogP contribution in [0.4, 0.5) is 0 Å². The summed E-state index contributed by atoms with van der Waals surface area (Å²) in [5.41, 5.74) is 0. The van der Waals surface area contributed by atoms with Crippen molar-refractivity contribution in [2.24, 2.45) is 5.92 Å². The van der Waals surface area contributed by atoms with E-state index in [1.807, 2.05) is 20.8 Å². The Bertz CT molecular complexity index is 220. The molecule has 0 aliphatic heterocycles. The summed E-state index contributed by atoms with van der Waals surface area (Å²) in [6.07, 6.45) is 6.13. The van der Waals surface area contributed by atoms with Crippen LogP contribution in [0.15, 0.2) is 0 Å². The van der Waals surface area contributed by atoms with Crippen LogP contribution >= 0.6 is 12.6 Å². The molecule has 0 heterocycles. The molecule has 0 radical (unpaired) electrons. The summed E-state index contributed by atoms with van der Waals surface area (Å²) in [4.78, 5) is 13.5. The van der Waals surface area contributed by atoms with Crippen molar-refractivity contribution in [3.05, 3.63) is 0 Å². The zero-order valence-corrected chi connectivity index (χ0v) is 10.1. The van der Waals surface area contributed by atoms with Crippen molar-refractivity contribution in [1.29, 1.82) is 0 Å². The van der Waals surface area contributed by atoms with E-state index in [0.717, 1.165) is 6.42 Å². The van der Waals surface area contributed by atoms with Gasteiger partial charge in [0, 0.05) is 6.54 Å². The van der Waals surface area contributed by atoms with Gasteiger partial charge in [-0.05, 0) is 12.3 Å². The number of thiol groups is 1. The van der Waals surface area contributed by atoms with Crippen LogP contribution in [-0.4, -0.2) is 29.1 Å². The molecule has 0 spiro atoms. The Morgan fingerprint density at radius 1 is 1.57 bits per heavy atom. The summed E-state index contributed by atoms with van der Waals surface area (Å²) in [6, 6.07) is 0. The van der Waals surface area contributed by atoms with Gasteiger partial charge < -0.3 is 4.90 Å². The molecule has 0 aliphatic rings. The third-order valence-corrected chi connectivity index (χ3v) is 2.79. The van der Waals surface area contributed by atoms with Gasteiger partial charge in [0.05, 0.1) is 11.8 Å². The van der Waals surface area contributed by atoms with Gasteiger partial charge in [-0.1, -0.05) is 26.7 Å². The molecule has 1 unspecified atom stereocenters. The molecule has 0 N–H and O–H groups in total. The first-order valence-electron chi connectivity index (χ1n) is 4.94. The van der Waals surface area contributed by atoms with Crippen LogP contribution in [0.3, 0.4) is 0 Å². The molecule has 0 saturated heterocycles. The molecule has 0 aromatic rings. The highest BCUT2D eigenvalue weighted by atomic mass is 32.1. The summed E-state index contributed by atoms with van der Waals surface area (Å²) in [5.74, 6) is 2.78. The molecular weight excluding hydrogens is 194 g/mol. The fourth-order valence-corrected chi connectivity index (χ4v) is 1.28. The number of terminal acetylenes is 1. The van der Waals surface area contributed by atoms with Gasteiger partial charge in [0.1, 0.15) is 0 Å². The predicted molar refractivity (Wildman–Crippen MR) is 63.3 cm³/mol. The first-order chi connectivity index (χ1) is 6.54. The van der Waals surface area contributed by atoms with Gasteiger partial charge in [0.15, 0.2) is 0 Å². The Labute approximate surface area is 92.5 Å². The van der Waals surface area contributed by atoms with Gasteiger partial charge in [-0.25, -0.2) is 0 Å². The Morgan fingerprint density at radius 2 is 2.14 bits per heavy atom. The Balaban J connectivity index is 4.36. The quantitative estimate of drug-likeness (QED) is 0.545. The standard InChI is InChI=1S/C11H19NOS/c1-5-7-12(8-6-2)11(13)10(14)9(3)4/h1,9-10,14H,6-8H2,2-4H3. The zero-order chi connectivity index (χ0) is 11.1. The van der Waals surface area contributed by atoms with E-state index in [0.29, 0.717) is 13.1 Å². The normalized spacial score (nSPS) is 12.3. The smallest absolute Gasteiger partial charge is 0.236 e. The monoisotopic (exact) mass is 213 g/mol. The van der Waals surface area contributed by atoms with E-state index in [1.54, 1.807) is 4.90 Å². The second kappa shape index (κ2) is 6.78. The van der Waals surface area contributed by atoms with Gasteiger partial charge in [-0.2, -0.15) is 12.6 Å². The van der Waals surface area contributed by atoms with Crippen LogP contribution in [0.2, 0.25) is 0 Å². The molecule has 0 fully saturated rings. The van der Waals surface area contributed by atoms with Gasteiger partial charge >= 0.3 is 0 Å². The van der Waals surface area contributed by atoms with E-state index in [9.17, 15) is 4.79 Å². The highest BCUT2D eigenvalue weighted by Crippen LogP contribution is 2.12. The first kappa shape index (κ1) is 13.4. The molecule has 0 rings (SSSR count). The third kappa shape index (κ3) is 4.06. The van der Waals surface area contributed by atoms with Gasteiger partial charge in [0.25, 0.3) is 0 Å². The molecule has 14 heavy (non-hydrogen) atoms. The van der Waals surface area contributed by atoms with E-state index in [4.69, 9.17) is 6.42 Å². The minimum atomic E-state index is -0.241. The number of hydrogen-bond acceptors (Lipinski definition) is 2. The maximum atomic E-state index is 11.8. The molecule has 0 aliphatic carbocycles. The third-order valence-electron chi connectivity index (χ3n) is 1.97. The maximum absolute atomic E-state index is 11.8. The molecule has 0 bridgehead atoms. The zero-order valence-electron chi connectivity index (χ0n) is 9.16. The second-order valence-corrected chi connectivity index (χ2v) is 4.21. The van der Waals surface area contributed by atoms with E-state index < -0.39 is 0 Å². The summed E-state index contributed by atoms with van der Waals surface area (Å²) in [6.45, 7) is 7.09. The number of nitrogens with zero attached hydrogens (tertiary/aromatic N) is 1. The number of hydrogen-bond donors (Lipinski definition) is 1. The number of rotatable bonds is 5. The van der Waals surface area contributed by atoms with Gasteiger partial charge in [-0.15, -0.1) is 6.42 Å². The number of amides is 1. The van der Waals surface area contributed by atoms with Crippen LogP contribution in [-0.2, 0) is 4.79 Å². The second-order valence-electron chi connectivity index (χ2n) is 3.65. The lowest BCUT2D eigenvalue weighted by Gasteiger charge is -2.24. The maximum Gasteiger partial charge on any atom is 0.236 e. The van der Waals surface area contributed by atoms with Gasteiger partial charge in [0.2, 0.25) is 5.91 Å². The van der Waals surface area contributed by atoms with Crippen LogP contribution in [0.25, 0.3) is 0 Å². The molecule has 2 nitrogen and oxygen atoms in total. The topological polar surface area (TPSA) is 20.3 Å². The molecule has 3 heteroatoms. The summed E-state index contributed by atoms with van der Waals surface area (Å²) >= 11 is 4.28. The summed E-state index contributed by atoms with van der Waals surface area (Å²) in [7, 11) is 0. The van der Waals surface area contributed by atoms with E-state index >= 15 is 0 Å². The molecule has 80 valence electrons. The van der Waals surface area contributed by atoms with E-state index in [1.165, 1.54) is 0 Å². The lowest BCUT2D eigenvalue weighted by Crippen LogP contribution is -2.39. The Kier molecular flexibility index (Phi) is 6.48. The van der Waals surface area contributed by atoms with Crippen LogP contribution in [0.1, 0.15) is 27.2 Å². The lowest BCUT2D eigenvalue weighted by molar-refractivity contribution is -0.130. The molecule has 1 atom stereocenters. The van der Waals surface area contributed by atoms with Crippen molar-refractivity contribution in [3.8, 4) is 12.3 Å². The predicted octanol–water partition coefficient (Wildman–Crippen LogP) is 1.81.